The molecule has 1 aromatic heterocycles. The van der Waals surface area contributed by atoms with Crippen molar-refractivity contribution in [3.63, 3.8) is 0 Å². The standard InChI is InChI=1S/C20H14Cl2N4O3S/c1-9-16(19(27)28-2)17(26-18(24)15(8-23)30-20(26)25-9)14-6-5-13(29-14)11-4-3-10(21)7-12(11)22/h3-7,17H,24H2,1-2H3/t17-/m0/s1. The van der Waals surface area contributed by atoms with Crippen molar-refractivity contribution in [2.24, 2.45) is 10.7 Å². The van der Waals surface area contributed by atoms with Gasteiger partial charge in [-0.2, -0.15) is 5.26 Å². The second-order valence-electron chi connectivity index (χ2n) is 6.41. The molecule has 30 heavy (non-hydrogen) atoms. The van der Waals surface area contributed by atoms with Gasteiger partial charge < -0.3 is 14.9 Å². The van der Waals surface area contributed by atoms with Gasteiger partial charge in [0.25, 0.3) is 0 Å². The summed E-state index contributed by atoms with van der Waals surface area (Å²) in [5.41, 5.74) is 7.59. The fourth-order valence-electron chi connectivity index (χ4n) is 3.31. The number of benzene rings is 1. The first-order chi connectivity index (χ1) is 14.3. The van der Waals surface area contributed by atoms with Gasteiger partial charge in [-0.25, -0.2) is 9.79 Å². The van der Waals surface area contributed by atoms with E-state index in [2.05, 4.69) is 11.1 Å². The maximum Gasteiger partial charge on any atom is 0.338 e. The number of nitrogens with zero attached hydrogens (tertiary/aromatic N) is 3. The molecule has 2 N–H and O–H groups in total. The number of furan rings is 1. The summed E-state index contributed by atoms with van der Waals surface area (Å²) in [6.07, 6.45) is 0. The molecule has 0 saturated carbocycles. The van der Waals surface area contributed by atoms with Gasteiger partial charge in [-0.1, -0.05) is 23.2 Å². The van der Waals surface area contributed by atoms with Gasteiger partial charge in [0, 0.05) is 10.6 Å². The van der Waals surface area contributed by atoms with Crippen molar-refractivity contribution in [1.29, 1.82) is 5.26 Å². The van der Waals surface area contributed by atoms with Crippen LogP contribution in [-0.4, -0.2) is 23.1 Å². The molecule has 7 nitrogen and oxygen atoms in total. The number of carbonyl (C=O) groups is 1. The van der Waals surface area contributed by atoms with Crippen LogP contribution in [0.5, 0.6) is 0 Å². The Morgan fingerprint density at radius 1 is 1.37 bits per heavy atom. The summed E-state index contributed by atoms with van der Waals surface area (Å²) in [5, 5.41) is 10.8. The number of esters is 1. The van der Waals surface area contributed by atoms with Gasteiger partial charge in [0.05, 0.1) is 23.4 Å². The van der Waals surface area contributed by atoms with Gasteiger partial charge in [-0.15, -0.1) is 0 Å². The molecule has 2 aliphatic heterocycles. The largest absolute Gasteiger partial charge is 0.466 e. The summed E-state index contributed by atoms with van der Waals surface area (Å²) < 4.78 is 11.1. The molecule has 2 aromatic rings. The summed E-state index contributed by atoms with van der Waals surface area (Å²) in [6, 6.07) is 9.86. The van der Waals surface area contributed by atoms with E-state index < -0.39 is 12.0 Å². The van der Waals surface area contributed by atoms with Crippen LogP contribution in [0.25, 0.3) is 11.3 Å². The Morgan fingerprint density at radius 3 is 2.80 bits per heavy atom. The number of allylic oxidation sites excluding steroid dienone is 2. The molecular formula is C20H14Cl2N4O3S. The van der Waals surface area contributed by atoms with Gasteiger partial charge in [0.1, 0.15) is 34.4 Å². The fourth-order valence-corrected chi connectivity index (χ4v) is 4.73. The van der Waals surface area contributed by atoms with Crippen molar-refractivity contribution >= 4 is 46.1 Å². The Kier molecular flexibility index (Phi) is 5.28. The minimum absolute atomic E-state index is 0.197. The van der Waals surface area contributed by atoms with Crippen molar-refractivity contribution < 1.29 is 13.9 Å². The minimum Gasteiger partial charge on any atom is -0.466 e. The number of fused-ring (bicyclic) bond motifs is 1. The number of hydrogen-bond donors (Lipinski definition) is 1. The predicted octanol–water partition coefficient (Wildman–Crippen LogP) is 4.81. The summed E-state index contributed by atoms with van der Waals surface area (Å²) in [5.74, 6) is 0.548. The van der Waals surface area contributed by atoms with Crippen LogP contribution in [0.3, 0.4) is 0 Å². The zero-order valence-corrected chi connectivity index (χ0v) is 18.1. The molecular weight excluding hydrogens is 447 g/mol. The number of carbonyl (C=O) groups excluding carboxylic acids is 1. The molecule has 0 aliphatic carbocycles. The summed E-state index contributed by atoms with van der Waals surface area (Å²) in [7, 11) is 1.29. The van der Waals surface area contributed by atoms with Crippen LogP contribution in [0.15, 0.2) is 61.7 Å². The van der Waals surface area contributed by atoms with E-state index in [-0.39, 0.29) is 11.4 Å². The molecule has 1 aromatic carbocycles. The van der Waals surface area contributed by atoms with E-state index >= 15 is 0 Å². The lowest BCUT2D eigenvalue weighted by molar-refractivity contribution is -0.136. The van der Waals surface area contributed by atoms with Gasteiger partial charge in [-0.3, -0.25) is 4.90 Å². The van der Waals surface area contributed by atoms with Crippen molar-refractivity contribution in [3.8, 4) is 17.4 Å². The van der Waals surface area contributed by atoms with E-state index in [0.29, 0.717) is 42.9 Å². The second-order valence-corrected chi connectivity index (χ2v) is 8.23. The highest BCUT2D eigenvalue weighted by Gasteiger charge is 2.44. The highest BCUT2D eigenvalue weighted by atomic mass is 35.5. The Hall–Kier alpha value is -2.86. The number of methoxy groups -OCH3 is 1. The highest BCUT2D eigenvalue weighted by Crippen LogP contribution is 2.46. The highest BCUT2D eigenvalue weighted by molar-refractivity contribution is 8.17. The number of halogens is 2. The maximum atomic E-state index is 12.6. The van der Waals surface area contributed by atoms with Crippen LogP contribution in [0.2, 0.25) is 10.0 Å². The third-order valence-electron chi connectivity index (χ3n) is 4.68. The normalized spacial score (nSPS) is 18.3. The van der Waals surface area contributed by atoms with Crippen LogP contribution in [0, 0.1) is 11.3 Å². The molecule has 0 fully saturated rings. The first-order valence-corrected chi connectivity index (χ1v) is 10.2. The first-order valence-electron chi connectivity index (χ1n) is 8.65. The van der Waals surface area contributed by atoms with Gasteiger partial charge in [0.2, 0.25) is 0 Å². The summed E-state index contributed by atoms with van der Waals surface area (Å²) >= 11 is 13.4. The molecule has 152 valence electrons. The SMILES string of the molecule is COC(=O)C1=C(C)N=C2SC(C#N)=C(N)N2[C@H]1c1ccc(-c2ccc(Cl)cc2Cl)o1. The van der Waals surface area contributed by atoms with E-state index in [9.17, 15) is 10.1 Å². The summed E-state index contributed by atoms with van der Waals surface area (Å²) in [6.45, 7) is 1.70. The van der Waals surface area contributed by atoms with Crippen LogP contribution in [0.4, 0.5) is 0 Å². The lowest BCUT2D eigenvalue weighted by Crippen LogP contribution is -2.38. The van der Waals surface area contributed by atoms with Crippen molar-refractivity contribution in [1.82, 2.24) is 4.90 Å². The van der Waals surface area contributed by atoms with Gasteiger partial charge in [-0.05, 0) is 49.0 Å². The number of thioether (sulfide) groups is 1. The van der Waals surface area contributed by atoms with E-state index in [1.807, 2.05) is 0 Å². The minimum atomic E-state index is -0.747. The quantitative estimate of drug-likeness (QED) is 0.654. The molecule has 0 unspecified atom stereocenters. The smallest absolute Gasteiger partial charge is 0.338 e. The molecule has 0 bridgehead atoms. The molecule has 10 heteroatoms. The predicted molar refractivity (Wildman–Crippen MR) is 115 cm³/mol. The number of ether oxygens (including phenoxy) is 1. The average molecular weight is 461 g/mol. The maximum absolute atomic E-state index is 12.6. The van der Waals surface area contributed by atoms with Crippen molar-refractivity contribution in [3.05, 3.63) is 68.1 Å². The third-order valence-corrected chi connectivity index (χ3v) is 6.20. The number of hydrogen-bond acceptors (Lipinski definition) is 8. The molecule has 3 heterocycles. The molecule has 0 amide bonds. The Bertz CT molecular complexity index is 1210. The lowest BCUT2D eigenvalue weighted by Gasteiger charge is -2.33. The van der Waals surface area contributed by atoms with E-state index in [4.69, 9.17) is 38.1 Å². The summed E-state index contributed by atoms with van der Waals surface area (Å²) in [4.78, 5) is 18.9. The monoisotopic (exact) mass is 460 g/mol. The Balaban J connectivity index is 1.85. The number of nitrogens with two attached hydrogens (primary N) is 1. The fraction of sp³-hybridized carbons (Fsp3) is 0.150. The van der Waals surface area contributed by atoms with E-state index in [1.54, 1.807) is 42.2 Å². The number of aliphatic imine (C=N–C) groups is 1. The van der Waals surface area contributed by atoms with Gasteiger partial charge in [0.15, 0.2) is 5.17 Å². The van der Waals surface area contributed by atoms with Crippen molar-refractivity contribution in [2.75, 3.05) is 7.11 Å². The number of amidine groups is 1. The number of rotatable bonds is 3. The van der Waals surface area contributed by atoms with E-state index in [1.165, 1.54) is 7.11 Å². The average Bonchev–Trinajstić information content (AvgIpc) is 3.31. The van der Waals surface area contributed by atoms with E-state index in [0.717, 1.165) is 11.8 Å². The van der Waals surface area contributed by atoms with Crippen molar-refractivity contribution in [2.45, 2.75) is 13.0 Å². The zero-order chi connectivity index (χ0) is 21.6. The molecule has 2 aliphatic rings. The van der Waals surface area contributed by atoms with Crippen LogP contribution in [-0.2, 0) is 9.53 Å². The Labute approximate surface area is 186 Å². The molecule has 0 spiro atoms. The second kappa shape index (κ2) is 7.76. The number of nitriles is 1. The molecule has 0 saturated heterocycles. The molecule has 4 rings (SSSR count). The molecule has 0 radical (unpaired) electrons. The Morgan fingerprint density at radius 2 is 2.13 bits per heavy atom. The lowest BCUT2D eigenvalue weighted by atomic mass is 10.00. The first kappa shape index (κ1) is 20.4. The third kappa shape index (κ3) is 3.25. The topological polar surface area (TPSA) is 105 Å². The van der Waals surface area contributed by atoms with Crippen LogP contribution in [0.1, 0.15) is 18.7 Å². The zero-order valence-electron chi connectivity index (χ0n) is 15.8. The van der Waals surface area contributed by atoms with Gasteiger partial charge >= 0.3 is 5.97 Å². The molecule has 1 atom stereocenters. The van der Waals surface area contributed by atoms with Crippen LogP contribution >= 0.6 is 35.0 Å². The van der Waals surface area contributed by atoms with Crippen LogP contribution < -0.4 is 5.73 Å².